The van der Waals surface area contributed by atoms with Gasteiger partial charge in [0.2, 0.25) is 0 Å². The quantitative estimate of drug-likeness (QED) is 0.610. The normalized spacial score (nSPS) is 12.4. The highest BCUT2D eigenvalue weighted by molar-refractivity contribution is 14.1. The number of aromatic nitrogens is 2. The van der Waals surface area contributed by atoms with Crippen LogP contribution in [0.5, 0.6) is 0 Å². The molecule has 0 saturated heterocycles. The number of carbonyl (C=O) groups excluding carboxylic acids is 1. The SMILES string of the molecule is CC(Cl)c1nc2cc(I)ccc2n1CCNC(=O)N(C)C. The molecule has 0 radical (unpaired) electrons. The maximum Gasteiger partial charge on any atom is 0.316 e. The van der Waals surface area contributed by atoms with Crippen LogP contribution in [0.15, 0.2) is 18.2 Å². The van der Waals surface area contributed by atoms with Gasteiger partial charge in [-0.1, -0.05) is 0 Å². The van der Waals surface area contributed by atoms with Gasteiger partial charge >= 0.3 is 6.03 Å². The van der Waals surface area contributed by atoms with E-state index in [1.165, 1.54) is 4.90 Å². The Kier molecular flexibility index (Phi) is 5.32. The van der Waals surface area contributed by atoms with Crippen LogP contribution in [-0.4, -0.2) is 41.1 Å². The summed E-state index contributed by atoms with van der Waals surface area (Å²) in [5.41, 5.74) is 1.97. The number of hydrogen-bond donors (Lipinski definition) is 1. The van der Waals surface area contributed by atoms with Gasteiger partial charge in [0.1, 0.15) is 5.82 Å². The maximum atomic E-state index is 11.6. The van der Waals surface area contributed by atoms with E-state index in [1.54, 1.807) is 14.1 Å². The lowest BCUT2D eigenvalue weighted by atomic mass is 10.3. The zero-order valence-electron chi connectivity index (χ0n) is 12.2. The zero-order chi connectivity index (χ0) is 15.6. The van der Waals surface area contributed by atoms with Crippen LogP contribution in [0, 0.1) is 3.57 Å². The van der Waals surface area contributed by atoms with Crippen molar-refractivity contribution in [3.8, 4) is 0 Å². The lowest BCUT2D eigenvalue weighted by Crippen LogP contribution is -2.36. The lowest BCUT2D eigenvalue weighted by Gasteiger charge is -2.14. The van der Waals surface area contributed by atoms with Crippen LogP contribution < -0.4 is 5.32 Å². The van der Waals surface area contributed by atoms with E-state index in [-0.39, 0.29) is 11.4 Å². The Morgan fingerprint density at radius 1 is 1.52 bits per heavy atom. The van der Waals surface area contributed by atoms with Crippen molar-refractivity contribution < 1.29 is 4.79 Å². The van der Waals surface area contributed by atoms with E-state index in [4.69, 9.17) is 11.6 Å². The van der Waals surface area contributed by atoms with Crippen LogP contribution >= 0.6 is 34.2 Å². The summed E-state index contributed by atoms with van der Waals surface area (Å²) >= 11 is 8.50. The minimum Gasteiger partial charge on any atom is -0.336 e. The molecular weight excluding hydrogens is 403 g/mol. The summed E-state index contributed by atoms with van der Waals surface area (Å²) in [6.07, 6.45) is 0. The number of amides is 2. The fourth-order valence-corrected chi connectivity index (χ4v) is 2.73. The topological polar surface area (TPSA) is 50.2 Å². The molecule has 0 fully saturated rings. The standard InChI is InChI=1S/C14H18ClIN4O/c1-9(15)13-18-11-8-10(16)4-5-12(11)20(13)7-6-17-14(21)19(2)3/h4-5,8-9H,6-7H2,1-3H3,(H,17,21). The van der Waals surface area contributed by atoms with Gasteiger partial charge in [-0.2, -0.15) is 0 Å². The fraction of sp³-hybridized carbons (Fsp3) is 0.429. The van der Waals surface area contributed by atoms with E-state index in [0.29, 0.717) is 13.1 Å². The average Bonchev–Trinajstić information content (AvgIpc) is 2.76. The van der Waals surface area contributed by atoms with E-state index < -0.39 is 0 Å². The second kappa shape index (κ2) is 6.83. The number of benzene rings is 1. The summed E-state index contributed by atoms with van der Waals surface area (Å²) in [7, 11) is 3.44. The van der Waals surface area contributed by atoms with Crippen LogP contribution in [-0.2, 0) is 6.54 Å². The van der Waals surface area contributed by atoms with E-state index in [0.717, 1.165) is 20.4 Å². The molecule has 0 aliphatic carbocycles. The molecule has 2 aromatic rings. The molecule has 0 aliphatic heterocycles. The van der Waals surface area contributed by atoms with Crippen LogP contribution in [0.4, 0.5) is 4.79 Å². The largest absolute Gasteiger partial charge is 0.336 e. The van der Waals surface area contributed by atoms with Gasteiger partial charge in [-0.15, -0.1) is 11.6 Å². The van der Waals surface area contributed by atoms with Crippen molar-refractivity contribution in [3.63, 3.8) is 0 Å². The number of imidazole rings is 1. The molecule has 2 amide bonds. The molecule has 2 rings (SSSR count). The zero-order valence-corrected chi connectivity index (χ0v) is 15.1. The highest BCUT2D eigenvalue weighted by Gasteiger charge is 2.15. The monoisotopic (exact) mass is 420 g/mol. The predicted octanol–water partition coefficient (Wildman–Crippen LogP) is 3.21. The number of alkyl halides is 1. The summed E-state index contributed by atoms with van der Waals surface area (Å²) in [4.78, 5) is 17.7. The molecule has 114 valence electrons. The first-order chi connectivity index (χ1) is 9.90. The van der Waals surface area contributed by atoms with Crippen molar-refractivity contribution in [2.75, 3.05) is 20.6 Å². The van der Waals surface area contributed by atoms with Crippen molar-refractivity contribution >= 4 is 51.3 Å². The summed E-state index contributed by atoms with van der Waals surface area (Å²) in [6, 6.07) is 6.02. The van der Waals surface area contributed by atoms with Crippen molar-refractivity contribution in [3.05, 3.63) is 27.6 Å². The van der Waals surface area contributed by atoms with Gasteiger partial charge in [0.05, 0.1) is 16.4 Å². The van der Waals surface area contributed by atoms with Crippen LogP contribution in [0.2, 0.25) is 0 Å². The number of carbonyl (C=O) groups is 1. The Morgan fingerprint density at radius 3 is 2.86 bits per heavy atom. The molecule has 1 atom stereocenters. The Balaban J connectivity index is 2.24. The minimum absolute atomic E-state index is 0.102. The van der Waals surface area contributed by atoms with Gasteiger partial charge in [-0.3, -0.25) is 0 Å². The molecule has 21 heavy (non-hydrogen) atoms. The third-order valence-corrected chi connectivity index (χ3v) is 3.98. The Labute approximate surface area is 142 Å². The highest BCUT2D eigenvalue weighted by Crippen LogP contribution is 2.25. The molecule has 5 nitrogen and oxygen atoms in total. The van der Waals surface area contributed by atoms with Crippen LogP contribution in [0.3, 0.4) is 0 Å². The number of nitrogens with zero attached hydrogens (tertiary/aromatic N) is 3. The molecule has 0 saturated carbocycles. The smallest absolute Gasteiger partial charge is 0.316 e. The number of hydrogen-bond acceptors (Lipinski definition) is 2. The van der Waals surface area contributed by atoms with Crippen molar-refractivity contribution in [2.24, 2.45) is 0 Å². The summed E-state index contributed by atoms with van der Waals surface area (Å²) < 4.78 is 3.21. The van der Waals surface area contributed by atoms with Gasteiger partial charge in [0, 0.05) is 30.8 Å². The number of urea groups is 1. The van der Waals surface area contributed by atoms with E-state index >= 15 is 0 Å². The van der Waals surface area contributed by atoms with Gasteiger partial charge < -0.3 is 14.8 Å². The lowest BCUT2D eigenvalue weighted by molar-refractivity contribution is 0.217. The first-order valence-electron chi connectivity index (χ1n) is 6.65. The molecular formula is C14H18ClIN4O. The number of fused-ring (bicyclic) bond motifs is 1. The predicted molar refractivity (Wildman–Crippen MR) is 93.8 cm³/mol. The second-order valence-corrected chi connectivity index (χ2v) is 6.90. The molecule has 1 N–H and O–H groups in total. The molecule has 1 unspecified atom stereocenters. The Bertz CT molecular complexity index is 654. The first kappa shape index (κ1) is 16.4. The molecule has 1 aromatic carbocycles. The summed E-state index contributed by atoms with van der Waals surface area (Å²) in [6.45, 7) is 3.08. The van der Waals surface area contributed by atoms with Gasteiger partial charge in [-0.05, 0) is 47.7 Å². The van der Waals surface area contributed by atoms with Gasteiger partial charge in [0.15, 0.2) is 0 Å². The summed E-state index contributed by atoms with van der Waals surface area (Å²) in [5, 5.41) is 2.68. The average molecular weight is 421 g/mol. The Morgan fingerprint density at radius 2 is 2.24 bits per heavy atom. The number of halogens is 2. The molecule has 0 aliphatic rings. The van der Waals surface area contributed by atoms with Crippen molar-refractivity contribution in [1.29, 1.82) is 0 Å². The van der Waals surface area contributed by atoms with Crippen molar-refractivity contribution in [1.82, 2.24) is 19.8 Å². The minimum atomic E-state index is -0.181. The molecule has 1 aromatic heterocycles. The second-order valence-electron chi connectivity index (χ2n) is 5.00. The van der Waals surface area contributed by atoms with E-state index in [9.17, 15) is 4.79 Å². The maximum absolute atomic E-state index is 11.6. The fourth-order valence-electron chi connectivity index (χ4n) is 2.09. The third-order valence-electron chi connectivity index (χ3n) is 3.11. The first-order valence-corrected chi connectivity index (χ1v) is 8.16. The van der Waals surface area contributed by atoms with Gasteiger partial charge in [-0.25, -0.2) is 9.78 Å². The Hall–Kier alpha value is -1.02. The van der Waals surface area contributed by atoms with Crippen LogP contribution in [0.1, 0.15) is 18.1 Å². The molecule has 0 bridgehead atoms. The molecule has 7 heteroatoms. The highest BCUT2D eigenvalue weighted by atomic mass is 127. The molecule has 1 heterocycles. The van der Waals surface area contributed by atoms with Crippen LogP contribution in [0.25, 0.3) is 11.0 Å². The van der Waals surface area contributed by atoms with Gasteiger partial charge in [0.25, 0.3) is 0 Å². The number of nitrogens with one attached hydrogen (secondary N) is 1. The number of rotatable bonds is 4. The summed E-state index contributed by atoms with van der Waals surface area (Å²) in [5.74, 6) is 0.827. The molecule has 0 spiro atoms. The van der Waals surface area contributed by atoms with E-state index in [2.05, 4.69) is 37.5 Å². The van der Waals surface area contributed by atoms with E-state index in [1.807, 2.05) is 25.1 Å². The van der Waals surface area contributed by atoms with Crippen molar-refractivity contribution in [2.45, 2.75) is 18.8 Å². The third kappa shape index (κ3) is 3.79.